The minimum atomic E-state index is 0.102. The van der Waals surface area contributed by atoms with Crippen molar-refractivity contribution in [2.75, 3.05) is 14.2 Å². The molecule has 4 atom stereocenters. The summed E-state index contributed by atoms with van der Waals surface area (Å²) in [5, 5.41) is 0.102. The summed E-state index contributed by atoms with van der Waals surface area (Å²) in [6.45, 7) is 2.11. The maximum atomic E-state index is 6.84. The highest BCUT2D eigenvalue weighted by molar-refractivity contribution is 6.21. The molecule has 0 aliphatic heterocycles. The highest BCUT2D eigenvalue weighted by atomic mass is 35.5. The quantitative estimate of drug-likeness (QED) is 0.748. The number of ether oxygens (including phenoxy) is 2. The lowest BCUT2D eigenvalue weighted by atomic mass is 9.83. The van der Waals surface area contributed by atoms with Crippen molar-refractivity contribution in [2.24, 2.45) is 17.8 Å². The van der Waals surface area contributed by atoms with Gasteiger partial charge >= 0.3 is 0 Å². The molecule has 110 valence electrons. The van der Waals surface area contributed by atoms with E-state index in [-0.39, 0.29) is 5.38 Å². The third-order valence-corrected chi connectivity index (χ3v) is 5.80. The molecule has 2 saturated carbocycles. The third kappa shape index (κ3) is 2.28. The first-order chi connectivity index (χ1) is 9.63. The van der Waals surface area contributed by atoms with Crippen molar-refractivity contribution in [3.05, 3.63) is 23.3 Å². The molecule has 2 fully saturated rings. The molecular weight excluding hydrogens is 272 g/mol. The second-order valence-corrected chi connectivity index (χ2v) is 6.77. The summed E-state index contributed by atoms with van der Waals surface area (Å²) in [6.07, 6.45) is 5.47. The largest absolute Gasteiger partial charge is 0.493 e. The van der Waals surface area contributed by atoms with Gasteiger partial charge in [0, 0.05) is 0 Å². The highest BCUT2D eigenvalue weighted by Crippen LogP contribution is 2.55. The highest BCUT2D eigenvalue weighted by Gasteiger charge is 2.43. The summed E-state index contributed by atoms with van der Waals surface area (Å²) < 4.78 is 10.8. The monoisotopic (exact) mass is 294 g/mol. The third-order valence-electron chi connectivity index (χ3n) is 5.24. The van der Waals surface area contributed by atoms with Gasteiger partial charge in [0.25, 0.3) is 0 Å². The average molecular weight is 295 g/mol. The number of fused-ring (bicyclic) bond motifs is 2. The Balaban J connectivity index is 1.89. The van der Waals surface area contributed by atoms with Crippen LogP contribution in [0.2, 0.25) is 0 Å². The predicted octanol–water partition coefficient (Wildman–Crippen LogP) is 4.73. The van der Waals surface area contributed by atoms with E-state index in [1.807, 2.05) is 6.07 Å². The number of hydrogen-bond acceptors (Lipinski definition) is 2. The van der Waals surface area contributed by atoms with Gasteiger partial charge < -0.3 is 9.47 Å². The van der Waals surface area contributed by atoms with Crippen LogP contribution in [0, 0.1) is 24.7 Å². The molecule has 2 aliphatic rings. The van der Waals surface area contributed by atoms with Crippen molar-refractivity contribution in [1.29, 1.82) is 0 Å². The molecule has 3 heteroatoms. The Kier molecular flexibility index (Phi) is 3.85. The minimum Gasteiger partial charge on any atom is -0.493 e. The molecule has 1 aromatic carbocycles. The van der Waals surface area contributed by atoms with E-state index in [1.54, 1.807) is 14.2 Å². The fraction of sp³-hybridized carbons (Fsp3) is 0.647. The Morgan fingerprint density at radius 1 is 1.10 bits per heavy atom. The van der Waals surface area contributed by atoms with Crippen LogP contribution >= 0.6 is 11.6 Å². The number of benzene rings is 1. The van der Waals surface area contributed by atoms with E-state index in [9.17, 15) is 0 Å². The van der Waals surface area contributed by atoms with Crippen LogP contribution in [0.1, 0.15) is 42.2 Å². The molecule has 1 aromatic rings. The SMILES string of the molecule is COc1cc(C)c(C(Cl)C2CC3CCC2C3)cc1OC. The molecule has 0 aromatic heterocycles. The van der Waals surface area contributed by atoms with E-state index < -0.39 is 0 Å². The molecule has 2 bridgehead atoms. The van der Waals surface area contributed by atoms with Crippen LogP contribution in [-0.2, 0) is 0 Å². The van der Waals surface area contributed by atoms with Crippen molar-refractivity contribution < 1.29 is 9.47 Å². The second kappa shape index (κ2) is 5.48. The molecular formula is C17H23ClO2. The van der Waals surface area contributed by atoms with Crippen molar-refractivity contribution in [3.63, 3.8) is 0 Å². The number of halogens is 1. The molecule has 0 amide bonds. The van der Waals surface area contributed by atoms with Gasteiger partial charge in [-0.1, -0.05) is 6.42 Å². The zero-order chi connectivity index (χ0) is 14.3. The van der Waals surface area contributed by atoms with Gasteiger partial charge in [-0.15, -0.1) is 11.6 Å². The van der Waals surface area contributed by atoms with E-state index in [0.717, 1.165) is 23.3 Å². The fourth-order valence-corrected chi connectivity index (χ4v) is 4.72. The first-order valence-electron chi connectivity index (χ1n) is 7.50. The van der Waals surface area contributed by atoms with Crippen LogP contribution in [0.15, 0.2) is 12.1 Å². The topological polar surface area (TPSA) is 18.5 Å². The Morgan fingerprint density at radius 3 is 2.35 bits per heavy atom. The van der Waals surface area contributed by atoms with E-state index in [4.69, 9.17) is 21.1 Å². The van der Waals surface area contributed by atoms with Crippen molar-refractivity contribution in [3.8, 4) is 11.5 Å². The van der Waals surface area contributed by atoms with Gasteiger partial charge in [-0.2, -0.15) is 0 Å². The Morgan fingerprint density at radius 2 is 1.80 bits per heavy atom. The second-order valence-electron chi connectivity index (χ2n) is 6.30. The average Bonchev–Trinajstić information content (AvgIpc) is 3.08. The normalized spacial score (nSPS) is 29.5. The molecule has 0 saturated heterocycles. The first-order valence-corrected chi connectivity index (χ1v) is 7.94. The molecule has 2 nitrogen and oxygen atoms in total. The molecule has 0 radical (unpaired) electrons. The van der Waals surface area contributed by atoms with Crippen LogP contribution in [0.4, 0.5) is 0 Å². The van der Waals surface area contributed by atoms with Crippen LogP contribution in [0.25, 0.3) is 0 Å². The van der Waals surface area contributed by atoms with Crippen molar-refractivity contribution in [1.82, 2.24) is 0 Å². The van der Waals surface area contributed by atoms with Crippen molar-refractivity contribution in [2.45, 2.75) is 38.0 Å². The van der Waals surface area contributed by atoms with Gasteiger partial charge in [0.15, 0.2) is 11.5 Å². The fourth-order valence-electron chi connectivity index (χ4n) is 4.18. The summed E-state index contributed by atoms with van der Waals surface area (Å²) >= 11 is 6.84. The van der Waals surface area contributed by atoms with Gasteiger partial charge in [0.2, 0.25) is 0 Å². The number of rotatable bonds is 4. The lowest BCUT2D eigenvalue weighted by Gasteiger charge is -2.28. The first kappa shape index (κ1) is 14.1. The summed E-state index contributed by atoms with van der Waals surface area (Å²) in [7, 11) is 3.35. The van der Waals surface area contributed by atoms with E-state index in [2.05, 4.69) is 13.0 Å². The molecule has 2 aliphatic carbocycles. The Hall–Kier alpha value is -0.890. The van der Waals surface area contributed by atoms with Gasteiger partial charge in [-0.05, 0) is 67.2 Å². The molecule has 4 unspecified atom stereocenters. The van der Waals surface area contributed by atoms with Gasteiger partial charge in [-0.25, -0.2) is 0 Å². The number of alkyl halides is 1. The smallest absolute Gasteiger partial charge is 0.161 e. The maximum Gasteiger partial charge on any atom is 0.161 e. The predicted molar refractivity (Wildman–Crippen MR) is 81.8 cm³/mol. The van der Waals surface area contributed by atoms with E-state index in [1.165, 1.54) is 36.8 Å². The number of hydrogen-bond donors (Lipinski definition) is 0. The van der Waals surface area contributed by atoms with E-state index >= 15 is 0 Å². The van der Waals surface area contributed by atoms with Gasteiger partial charge in [0.05, 0.1) is 19.6 Å². The zero-order valence-corrected chi connectivity index (χ0v) is 13.2. The summed E-state index contributed by atoms with van der Waals surface area (Å²) in [6, 6.07) is 4.11. The zero-order valence-electron chi connectivity index (χ0n) is 12.5. The molecule has 0 spiro atoms. The standard InChI is InChI=1S/C17H23ClO2/c1-10-6-15(19-2)16(20-3)9-13(10)17(18)14-8-11-4-5-12(14)7-11/h6,9,11-12,14,17H,4-5,7-8H2,1-3H3. The van der Waals surface area contributed by atoms with Crippen LogP contribution in [0.3, 0.4) is 0 Å². The summed E-state index contributed by atoms with van der Waals surface area (Å²) in [4.78, 5) is 0. The molecule has 0 heterocycles. The Bertz CT molecular complexity index is 500. The lowest BCUT2D eigenvalue weighted by Crippen LogP contribution is -2.16. The van der Waals surface area contributed by atoms with Gasteiger partial charge in [-0.3, -0.25) is 0 Å². The van der Waals surface area contributed by atoms with E-state index in [0.29, 0.717) is 5.92 Å². The minimum absolute atomic E-state index is 0.102. The van der Waals surface area contributed by atoms with Crippen molar-refractivity contribution >= 4 is 11.6 Å². The van der Waals surface area contributed by atoms with Crippen LogP contribution in [-0.4, -0.2) is 14.2 Å². The molecule has 3 rings (SSSR count). The number of methoxy groups -OCH3 is 2. The van der Waals surface area contributed by atoms with Crippen LogP contribution < -0.4 is 9.47 Å². The molecule has 20 heavy (non-hydrogen) atoms. The Labute approximate surface area is 126 Å². The number of aryl methyl sites for hydroxylation is 1. The summed E-state index contributed by atoms with van der Waals surface area (Å²) in [5.41, 5.74) is 2.41. The van der Waals surface area contributed by atoms with Gasteiger partial charge in [0.1, 0.15) is 0 Å². The maximum absolute atomic E-state index is 6.84. The van der Waals surface area contributed by atoms with Crippen LogP contribution in [0.5, 0.6) is 11.5 Å². The lowest BCUT2D eigenvalue weighted by molar-refractivity contribution is 0.321. The summed E-state index contributed by atoms with van der Waals surface area (Å²) in [5.74, 6) is 3.95. The molecule has 0 N–H and O–H groups in total.